The van der Waals surface area contributed by atoms with E-state index in [1.165, 1.54) is 11.1 Å². The fourth-order valence-corrected chi connectivity index (χ4v) is 1.37. The minimum Gasteiger partial charge on any atom is -0.369 e. The minimum atomic E-state index is -0.580. The molecule has 0 aliphatic rings. The van der Waals surface area contributed by atoms with Crippen LogP contribution in [0.3, 0.4) is 0 Å². The molecule has 1 amide bonds. The van der Waals surface area contributed by atoms with Crippen LogP contribution >= 0.6 is 0 Å². The van der Waals surface area contributed by atoms with Crippen molar-refractivity contribution in [1.82, 2.24) is 15.4 Å². The van der Waals surface area contributed by atoms with E-state index in [0.29, 0.717) is 12.4 Å². The van der Waals surface area contributed by atoms with E-state index in [-0.39, 0.29) is 11.3 Å². The normalized spacial score (nSPS) is 10.3. The first-order valence-electron chi connectivity index (χ1n) is 5.82. The van der Waals surface area contributed by atoms with Gasteiger partial charge in [0.2, 0.25) is 0 Å². The van der Waals surface area contributed by atoms with Gasteiger partial charge in [-0.05, 0) is 6.42 Å². The zero-order valence-corrected chi connectivity index (χ0v) is 11.1. The number of hydrogen-bond acceptors (Lipinski definition) is 6. The van der Waals surface area contributed by atoms with E-state index in [2.05, 4.69) is 15.7 Å². The summed E-state index contributed by atoms with van der Waals surface area (Å²) in [5, 5.41) is 15.2. The Morgan fingerprint density at radius 1 is 1.53 bits per heavy atom. The van der Waals surface area contributed by atoms with Crippen LogP contribution in [0.15, 0.2) is 12.3 Å². The number of nitro groups is 1. The third-order valence-corrected chi connectivity index (χ3v) is 2.20. The molecular weight excluding hydrogens is 250 g/mol. The zero-order chi connectivity index (χ0) is 14.4. The smallest absolute Gasteiger partial charge is 0.288 e. The maximum absolute atomic E-state index is 12.0. The third-order valence-electron chi connectivity index (χ3n) is 2.20. The molecule has 1 aromatic rings. The summed E-state index contributed by atoms with van der Waals surface area (Å²) in [6.07, 6.45) is 1.98. The van der Waals surface area contributed by atoms with Crippen LogP contribution in [0.2, 0.25) is 0 Å². The molecule has 0 radical (unpaired) electrons. The molecule has 19 heavy (non-hydrogen) atoms. The van der Waals surface area contributed by atoms with Crippen molar-refractivity contribution in [2.45, 2.75) is 13.3 Å². The van der Waals surface area contributed by atoms with Crippen molar-refractivity contribution < 1.29 is 9.72 Å². The maximum Gasteiger partial charge on any atom is 0.288 e. The van der Waals surface area contributed by atoms with E-state index < -0.39 is 10.8 Å². The van der Waals surface area contributed by atoms with E-state index in [9.17, 15) is 14.9 Å². The molecular formula is C11H17N5O3. The lowest BCUT2D eigenvalue weighted by Gasteiger charge is -2.14. The molecule has 0 bridgehead atoms. The highest BCUT2D eigenvalue weighted by Gasteiger charge is 2.18. The van der Waals surface area contributed by atoms with Crippen molar-refractivity contribution in [2.75, 3.05) is 26.0 Å². The van der Waals surface area contributed by atoms with Crippen molar-refractivity contribution in [3.63, 3.8) is 0 Å². The van der Waals surface area contributed by atoms with E-state index in [1.807, 2.05) is 6.92 Å². The number of nitrogens with zero attached hydrogens (tertiary/aromatic N) is 3. The topological polar surface area (TPSA) is 100 Å². The Labute approximate surface area is 110 Å². The highest BCUT2D eigenvalue weighted by Crippen LogP contribution is 2.19. The number of aromatic nitrogens is 1. The molecule has 2 N–H and O–H groups in total. The standard InChI is InChI=1S/C11H17N5O3/c1-4-5-12-10-9(11(17)14-15(2)3)6-8(7-13-10)16(18)19/h6-7H,4-5H2,1-3H3,(H,12,13)(H,14,17). The van der Waals surface area contributed by atoms with Crippen molar-refractivity contribution in [3.05, 3.63) is 27.9 Å². The quantitative estimate of drug-likeness (QED) is 0.589. The second-order valence-corrected chi connectivity index (χ2v) is 4.11. The van der Waals surface area contributed by atoms with E-state index in [0.717, 1.165) is 12.6 Å². The van der Waals surface area contributed by atoms with E-state index in [4.69, 9.17) is 0 Å². The van der Waals surface area contributed by atoms with Crippen LogP contribution in [0.25, 0.3) is 0 Å². The van der Waals surface area contributed by atoms with Gasteiger partial charge in [-0.15, -0.1) is 0 Å². The SMILES string of the molecule is CCCNc1ncc([N+](=O)[O-])cc1C(=O)NN(C)C. The molecule has 0 saturated carbocycles. The lowest BCUT2D eigenvalue weighted by atomic mass is 10.2. The number of anilines is 1. The highest BCUT2D eigenvalue weighted by molar-refractivity contribution is 5.99. The Bertz CT molecular complexity index is 475. The van der Waals surface area contributed by atoms with Crippen LogP contribution in [0.5, 0.6) is 0 Å². The molecule has 0 atom stereocenters. The van der Waals surface area contributed by atoms with Crippen molar-refractivity contribution in [1.29, 1.82) is 0 Å². The van der Waals surface area contributed by atoms with Gasteiger partial charge in [0.05, 0.1) is 10.5 Å². The fourth-order valence-electron chi connectivity index (χ4n) is 1.37. The number of nitrogens with one attached hydrogen (secondary N) is 2. The Hall–Kier alpha value is -2.22. The summed E-state index contributed by atoms with van der Waals surface area (Å²) in [6.45, 7) is 2.60. The Morgan fingerprint density at radius 3 is 2.74 bits per heavy atom. The number of pyridine rings is 1. The summed E-state index contributed by atoms with van der Waals surface area (Å²) in [5.41, 5.74) is 2.47. The average molecular weight is 267 g/mol. The summed E-state index contributed by atoms with van der Waals surface area (Å²) >= 11 is 0. The molecule has 0 spiro atoms. The number of carbonyl (C=O) groups is 1. The minimum absolute atomic E-state index is 0.149. The molecule has 1 aromatic heterocycles. The largest absolute Gasteiger partial charge is 0.369 e. The first kappa shape index (κ1) is 14.8. The molecule has 1 rings (SSSR count). The van der Waals surface area contributed by atoms with E-state index in [1.54, 1.807) is 14.1 Å². The number of hydrogen-bond donors (Lipinski definition) is 2. The monoisotopic (exact) mass is 267 g/mol. The molecule has 0 unspecified atom stereocenters. The van der Waals surface area contributed by atoms with Crippen LogP contribution in [-0.2, 0) is 0 Å². The van der Waals surface area contributed by atoms with Crippen LogP contribution in [0.1, 0.15) is 23.7 Å². The first-order valence-corrected chi connectivity index (χ1v) is 5.82. The molecule has 0 aromatic carbocycles. The zero-order valence-electron chi connectivity index (χ0n) is 11.1. The van der Waals surface area contributed by atoms with Crippen LogP contribution < -0.4 is 10.7 Å². The average Bonchev–Trinajstić information content (AvgIpc) is 2.35. The van der Waals surface area contributed by atoms with Gasteiger partial charge in [-0.3, -0.25) is 20.3 Å². The molecule has 0 saturated heterocycles. The Balaban J connectivity index is 3.09. The van der Waals surface area contributed by atoms with Crippen molar-refractivity contribution >= 4 is 17.4 Å². The second-order valence-electron chi connectivity index (χ2n) is 4.11. The highest BCUT2D eigenvalue weighted by atomic mass is 16.6. The predicted molar refractivity (Wildman–Crippen MR) is 70.8 cm³/mol. The summed E-state index contributed by atoms with van der Waals surface area (Å²) in [7, 11) is 3.31. The summed E-state index contributed by atoms with van der Waals surface area (Å²) < 4.78 is 0. The van der Waals surface area contributed by atoms with Gasteiger partial charge >= 0.3 is 0 Å². The Morgan fingerprint density at radius 2 is 2.21 bits per heavy atom. The molecule has 0 aliphatic carbocycles. The van der Waals surface area contributed by atoms with Crippen LogP contribution in [0.4, 0.5) is 11.5 Å². The van der Waals surface area contributed by atoms with Crippen molar-refractivity contribution in [3.8, 4) is 0 Å². The predicted octanol–water partition coefficient (Wildman–Crippen LogP) is 1.02. The number of rotatable bonds is 6. The summed E-state index contributed by atoms with van der Waals surface area (Å²) in [4.78, 5) is 26.0. The summed E-state index contributed by atoms with van der Waals surface area (Å²) in [5.74, 6) is -0.105. The van der Waals surface area contributed by atoms with Gasteiger partial charge in [-0.2, -0.15) is 0 Å². The lowest BCUT2D eigenvalue weighted by molar-refractivity contribution is -0.385. The van der Waals surface area contributed by atoms with Gasteiger partial charge in [0.25, 0.3) is 11.6 Å². The van der Waals surface area contributed by atoms with Crippen LogP contribution in [0, 0.1) is 10.1 Å². The van der Waals surface area contributed by atoms with Gasteiger partial charge < -0.3 is 5.32 Å². The van der Waals surface area contributed by atoms with Gasteiger partial charge in [-0.1, -0.05) is 6.92 Å². The van der Waals surface area contributed by atoms with Crippen molar-refractivity contribution in [2.24, 2.45) is 0 Å². The van der Waals surface area contributed by atoms with E-state index >= 15 is 0 Å². The fraction of sp³-hybridized carbons (Fsp3) is 0.455. The number of amides is 1. The number of hydrazine groups is 1. The molecule has 8 nitrogen and oxygen atoms in total. The summed E-state index contributed by atoms with van der Waals surface area (Å²) in [6, 6.07) is 1.21. The number of carbonyl (C=O) groups excluding carboxylic acids is 1. The van der Waals surface area contributed by atoms with Gasteiger partial charge in [0.15, 0.2) is 0 Å². The molecule has 0 fully saturated rings. The van der Waals surface area contributed by atoms with Gasteiger partial charge in [0, 0.05) is 26.7 Å². The van der Waals surface area contributed by atoms with Gasteiger partial charge in [0.1, 0.15) is 12.0 Å². The maximum atomic E-state index is 12.0. The Kier molecular flexibility index (Phi) is 5.19. The molecule has 0 aliphatic heterocycles. The molecule has 1 heterocycles. The van der Waals surface area contributed by atoms with Crippen LogP contribution in [-0.4, -0.2) is 41.5 Å². The molecule has 104 valence electrons. The molecule has 8 heteroatoms. The second kappa shape index (κ2) is 6.64. The van der Waals surface area contributed by atoms with Gasteiger partial charge in [-0.25, -0.2) is 9.99 Å². The third kappa shape index (κ3) is 4.18. The first-order chi connectivity index (χ1) is 8.95. The lowest BCUT2D eigenvalue weighted by Crippen LogP contribution is -2.36.